The van der Waals surface area contributed by atoms with Gasteiger partial charge in [-0.1, -0.05) is 81.4 Å². The molecule has 2 fully saturated rings. The monoisotopic (exact) mass is 438 g/mol. The van der Waals surface area contributed by atoms with Crippen molar-refractivity contribution in [2.75, 3.05) is 13.2 Å². The zero-order valence-electron chi connectivity index (χ0n) is 18.9. The number of ketones is 1. The summed E-state index contributed by atoms with van der Waals surface area (Å²) in [7, 11) is -2.63. The SMILES string of the molecule is CC(C)(C)[Si](O[C@H]1CCC(=O)[C@H](C2OCCCO2)C1)(c1ccccc1)c1ccccc1. The first-order valence-electron chi connectivity index (χ1n) is 11.5. The van der Waals surface area contributed by atoms with Crippen molar-refractivity contribution in [3.8, 4) is 0 Å². The van der Waals surface area contributed by atoms with E-state index in [2.05, 4.69) is 81.4 Å². The number of ether oxygens (including phenoxy) is 2. The lowest BCUT2D eigenvalue weighted by Gasteiger charge is -2.46. The Morgan fingerprint density at radius 1 is 0.903 bits per heavy atom. The summed E-state index contributed by atoms with van der Waals surface area (Å²) in [5, 5.41) is 2.46. The predicted octanol–water partition coefficient (Wildman–Crippen LogP) is 4.06. The molecular formula is C26H34O4Si. The van der Waals surface area contributed by atoms with Crippen LogP contribution in [-0.4, -0.2) is 39.7 Å². The van der Waals surface area contributed by atoms with E-state index in [-0.39, 0.29) is 22.8 Å². The molecule has 2 aromatic rings. The van der Waals surface area contributed by atoms with E-state index in [1.807, 2.05) is 0 Å². The zero-order valence-corrected chi connectivity index (χ0v) is 19.9. The number of hydrogen-bond acceptors (Lipinski definition) is 4. The Hall–Kier alpha value is -1.79. The van der Waals surface area contributed by atoms with Gasteiger partial charge in [-0.15, -0.1) is 0 Å². The molecule has 0 unspecified atom stereocenters. The highest BCUT2D eigenvalue weighted by Gasteiger charge is 2.52. The van der Waals surface area contributed by atoms with Crippen molar-refractivity contribution in [1.82, 2.24) is 0 Å². The molecule has 1 saturated carbocycles. The molecule has 4 rings (SSSR count). The fourth-order valence-electron chi connectivity index (χ4n) is 5.07. The van der Waals surface area contributed by atoms with Crippen molar-refractivity contribution in [1.29, 1.82) is 0 Å². The van der Waals surface area contributed by atoms with Crippen molar-refractivity contribution < 1.29 is 18.7 Å². The number of carbonyl (C=O) groups is 1. The fraction of sp³-hybridized carbons (Fsp3) is 0.500. The van der Waals surface area contributed by atoms with Crippen LogP contribution in [0.4, 0.5) is 0 Å². The van der Waals surface area contributed by atoms with Gasteiger partial charge < -0.3 is 13.9 Å². The van der Waals surface area contributed by atoms with E-state index < -0.39 is 14.6 Å². The van der Waals surface area contributed by atoms with Crippen LogP contribution in [-0.2, 0) is 18.7 Å². The standard InChI is InChI=1S/C26H34O4Si/c1-26(2,3)31(21-11-6-4-7-12-21,22-13-8-5-9-14-22)30-20-15-16-24(27)23(19-20)25-28-17-10-18-29-25/h4-9,11-14,20,23,25H,10,15-19H2,1-3H3/t20-,23+/m0/s1. The van der Waals surface area contributed by atoms with E-state index in [0.717, 1.165) is 12.8 Å². The third kappa shape index (κ3) is 4.56. The summed E-state index contributed by atoms with van der Waals surface area (Å²) in [5.74, 6) is 0.00598. The molecule has 0 N–H and O–H groups in total. The average molecular weight is 439 g/mol. The van der Waals surface area contributed by atoms with Gasteiger partial charge in [0.15, 0.2) is 6.29 Å². The molecule has 4 nitrogen and oxygen atoms in total. The zero-order chi connectivity index (χ0) is 21.9. The van der Waals surface area contributed by atoms with Crippen LogP contribution in [0.3, 0.4) is 0 Å². The minimum absolute atomic E-state index is 0.00290. The Kier molecular flexibility index (Phi) is 6.77. The first kappa shape index (κ1) is 22.4. The third-order valence-electron chi connectivity index (χ3n) is 6.58. The van der Waals surface area contributed by atoms with Gasteiger partial charge in [0, 0.05) is 12.5 Å². The van der Waals surface area contributed by atoms with Crippen molar-refractivity contribution in [3.05, 3.63) is 60.7 Å². The lowest BCUT2D eigenvalue weighted by atomic mass is 9.85. The van der Waals surface area contributed by atoms with Crippen LogP contribution < -0.4 is 10.4 Å². The van der Waals surface area contributed by atoms with E-state index in [1.54, 1.807) is 0 Å². The van der Waals surface area contributed by atoms with Crippen LogP contribution in [0.1, 0.15) is 46.5 Å². The van der Waals surface area contributed by atoms with Crippen LogP contribution >= 0.6 is 0 Å². The first-order valence-corrected chi connectivity index (χ1v) is 13.4. The van der Waals surface area contributed by atoms with Crippen LogP contribution in [0.25, 0.3) is 0 Å². The van der Waals surface area contributed by atoms with Crippen molar-refractivity contribution in [2.24, 2.45) is 5.92 Å². The average Bonchev–Trinajstić information content (AvgIpc) is 2.79. The smallest absolute Gasteiger partial charge is 0.261 e. The second kappa shape index (κ2) is 9.37. The Morgan fingerprint density at radius 3 is 1.97 bits per heavy atom. The van der Waals surface area contributed by atoms with E-state index in [1.165, 1.54) is 10.4 Å². The Bertz CT molecular complexity index is 816. The topological polar surface area (TPSA) is 44.8 Å². The van der Waals surface area contributed by atoms with Crippen molar-refractivity contribution >= 4 is 24.5 Å². The fourth-order valence-corrected chi connectivity index (χ4v) is 9.80. The normalized spacial score (nSPS) is 23.6. The van der Waals surface area contributed by atoms with Gasteiger partial charge in [0.05, 0.1) is 19.1 Å². The minimum Gasteiger partial charge on any atom is -0.404 e. The van der Waals surface area contributed by atoms with Gasteiger partial charge in [-0.05, 0) is 34.7 Å². The van der Waals surface area contributed by atoms with E-state index in [9.17, 15) is 4.79 Å². The lowest BCUT2D eigenvalue weighted by Crippen LogP contribution is -2.68. The molecule has 31 heavy (non-hydrogen) atoms. The van der Waals surface area contributed by atoms with Gasteiger partial charge >= 0.3 is 0 Å². The maximum absolute atomic E-state index is 12.7. The minimum atomic E-state index is -2.63. The molecule has 0 bridgehead atoms. The molecule has 1 saturated heterocycles. The number of Topliss-reactive ketones (excluding diaryl/α,β-unsaturated/α-hetero) is 1. The summed E-state index contributed by atoms with van der Waals surface area (Å²) in [6.45, 7) is 8.19. The lowest BCUT2D eigenvalue weighted by molar-refractivity contribution is -0.210. The Labute approximate surface area is 187 Å². The van der Waals surface area contributed by atoms with Gasteiger partial charge in [0.25, 0.3) is 8.32 Å². The number of rotatable bonds is 5. The Balaban J connectivity index is 1.70. The highest BCUT2D eigenvalue weighted by atomic mass is 28.4. The van der Waals surface area contributed by atoms with Crippen LogP contribution in [0.15, 0.2) is 60.7 Å². The van der Waals surface area contributed by atoms with Gasteiger partial charge in [0.1, 0.15) is 5.78 Å². The highest BCUT2D eigenvalue weighted by Crippen LogP contribution is 2.40. The number of benzene rings is 2. The highest BCUT2D eigenvalue weighted by molar-refractivity contribution is 6.99. The molecule has 0 radical (unpaired) electrons. The van der Waals surface area contributed by atoms with Gasteiger partial charge in [-0.2, -0.15) is 0 Å². The van der Waals surface area contributed by atoms with Crippen LogP contribution in [0.5, 0.6) is 0 Å². The van der Waals surface area contributed by atoms with Crippen LogP contribution in [0, 0.1) is 5.92 Å². The third-order valence-corrected chi connectivity index (χ3v) is 11.7. The molecule has 166 valence electrons. The number of hydrogen-bond donors (Lipinski definition) is 0. The first-order chi connectivity index (χ1) is 14.9. The number of carbonyl (C=O) groups excluding carboxylic acids is 1. The van der Waals surface area contributed by atoms with Gasteiger partial charge in [0.2, 0.25) is 0 Å². The molecule has 2 atom stereocenters. The molecule has 5 heteroatoms. The van der Waals surface area contributed by atoms with Crippen LogP contribution in [0.2, 0.25) is 5.04 Å². The van der Waals surface area contributed by atoms with E-state index in [4.69, 9.17) is 13.9 Å². The van der Waals surface area contributed by atoms with E-state index >= 15 is 0 Å². The maximum atomic E-state index is 12.7. The van der Waals surface area contributed by atoms with Crippen molar-refractivity contribution in [2.45, 2.75) is 63.9 Å². The maximum Gasteiger partial charge on any atom is 0.261 e. The summed E-state index contributed by atoms with van der Waals surface area (Å²) < 4.78 is 18.9. The molecule has 0 spiro atoms. The van der Waals surface area contributed by atoms with Gasteiger partial charge in [-0.3, -0.25) is 4.79 Å². The summed E-state index contributed by atoms with van der Waals surface area (Å²) in [4.78, 5) is 12.7. The molecule has 1 aliphatic carbocycles. The summed E-state index contributed by atoms with van der Waals surface area (Å²) in [5.41, 5.74) is 0. The molecule has 1 aliphatic heterocycles. The molecule has 0 aromatic heterocycles. The quantitative estimate of drug-likeness (QED) is 0.661. The van der Waals surface area contributed by atoms with Gasteiger partial charge in [-0.25, -0.2) is 0 Å². The molecule has 2 aliphatic rings. The summed E-state index contributed by atoms with van der Waals surface area (Å²) in [6, 6.07) is 21.4. The summed E-state index contributed by atoms with van der Waals surface area (Å²) in [6.07, 6.45) is 2.41. The Morgan fingerprint density at radius 2 is 1.45 bits per heavy atom. The largest absolute Gasteiger partial charge is 0.404 e. The molecule has 1 heterocycles. The molecule has 2 aromatic carbocycles. The van der Waals surface area contributed by atoms with E-state index in [0.29, 0.717) is 26.1 Å². The molecule has 0 amide bonds. The predicted molar refractivity (Wildman–Crippen MR) is 125 cm³/mol. The van der Waals surface area contributed by atoms with Crippen molar-refractivity contribution in [3.63, 3.8) is 0 Å². The molecular weight excluding hydrogens is 404 g/mol. The summed E-state index contributed by atoms with van der Waals surface area (Å²) >= 11 is 0. The second-order valence-electron chi connectivity index (χ2n) is 9.71. The second-order valence-corrected chi connectivity index (χ2v) is 14.0.